The molecule has 110 valence electrons. The van der Waals surface area contributed by atoms with Gasteiger partial charge in [-0.15, -0.1) is 11.3 Å². The van der Waals surface area contributed by atoms with Crippen LogP contribution in [0.15, 0.2) is 29.3 Å². The maximum atomic E-state index is 12.8. The largest absolute Gasteiger partial charge is 0.416 e. The molecule has 0 saturated heterocycles. The Balaban J connectivity index is 2.08. The third kappa shape index (κ3) is 2.54. The first-order valence-corrected chi connectivity index (χ1v) is 7.04. The van der Waals surface area contributed by atoms with Gasteiger partial charge < -0.3 is 5.32 Å². The van der Waals surface area contributed by atoms with Crippen LogP contribution in [0.1, 0.15) is 16.7 Å². The number of fused-ring (bicyclic) bond motifs is 1. The lowest BCUT2D eigenvalue weighted by atomic mass is 10.0. The summed E-state index contributed by atoms with van der Waals surface area (Å²) in [4.78, 5) is 4.86. The van der Waals surface area contributed by atoms with Crippen LogP contribution in [-0.2, 0) is 6.18 Å². The maximum Gasteiger partial charge on any atom is 0.416 e. The zero-order valence-electron chi connectivity index (χ0n) is 11.0. The normalized spacial score (nSPS) is 17.5. The van der Waals surface area contributed by atoms with Gasteiger partial charge in [0.05, 0.1) is 5.56 Å². The zero-order chi connectivity index (χ0) is 15.2. The summed E-state index contributed by atoms with van der Waals surface area (Å²) in [5.74, 6) is 0. The van der Waals surface area contributed by atoms with Crippen LogP contribution in [0.5, 0.6) is 0 Å². The Morgan fingerprint density at radius 2 is 2.10 bits per heavy atom. The number of nitrogens with one attached hydrogen (secondary N) is 1. The smallest absolute Gasteiger partial charge is 0.343 e. The predicted molar refractivity (Wildman–Crippen MR) is 78.7 cm³/mol. The molecule has 0 radical (unpaired) electrons. The van der Waals surface area contributed by atoms with Gasteiger partial charge in [0.15, 0.2) is 6.29 Å². The predicted octanol–water partition coefficient (Wildman–Crippen LogP) is 3.83. The molecule has 1 aliphatic heterocycles. The summed E-state index contributed by atoms with van der Waals surface area (Å²) >= 11 is 1.39. The minimum Gasteiger partial charge on any atom is -0.343 e. The molecule has 1 atom stereocenters. The van der Waals surface area contributed by atoms with Crippen LogP contribution in [0.25, 0.3) is 10.4 Å². The second kappa shape index (κ2) is 4.85. The molecule has 1 unspecified atom stereocenters. The van der Waals surface area contributed by atoms with Crippen LogP contribution in [0, 0.1) is 6.92 Å². The number of anilines is 1. The minimum atomic E-state index is -4.34. The summed E-state index contributed by atoms with van der Waals surface area (Å²) in [6.45, 7) is 1.87. The van der Waals surface area contributed by atoms with E-state index in [0.29, 0.717) is 5.56 Å². The lowest BCUT2D eigenvalue weighted by Crippen LogP contribution is -2.29. The van der Waals surface area contributed by atoms with Gasteiger partial charge in [0, 0.05) is 16.7 Å². The molecule has 0 aliphatic carbocycles. The Kier molecular flexibility index (Phi) is 3.26. The molecule has 0 amide bonds. The Bertz CT molecular complexity index is 719. The minimum absolute atomic E-state index is 0.509. The van der Waals surface area contributed by atoms with E-state index < -0.39 is 18.0 Å². The number of thiophene rings is 1. The van der Waals surface area contributed by atoms with Gasteiger partial charge in [-0.1, -0.05) is 12.1 Å². The molecule has 0 bridgehead atoms. The van der Waals surface area contributed by atoms with Crippen LogP contribution in [0.3, 0.4) is 0 Å². The third-order valence-corrected chi connectivity index (χ3v) is 4.58. The second-order valence-corrected chi connectivity index (χ2v) is 5.77. The van der Waals surface area contributed by atoms with E-state index in [-0.39, 0.29) is 0 Å². The highest BCUT2D eigenvalue weighted by Crippen LogP contribution is 2.41. The van der Waals surface area contributed by atoms with E-state index in [1.54, 1.807) is 12.3 Å². The van der Waals surface area contributed by atoms with Gasteiger partial charge in [-0.3, -0.25) is 10.7 Å². The fourth-order valence-electron chi connectivity index (χ4n) is 2.23. The van der Waals surface area contributed by atoms with Crippen molar-refractivity contribution in [1.29, 1.82) is 0 Å². The molecular formula is C14H12F3N3S. The van der Waals surface area contributed by atoms with Crippen LogP contribution in [0.4, 0.5) is 18.2 Å². The van der Waals surface area contributed by atoms with Crippen LogP contribution in [-0.4, -0.2) is 12.5 Å². The molecule has 7 heteroatoms. The summed E-state index contributed by atoms with van der Waals surface area (Å²) in [7, 11) is 0. The molecule has 2 heterocycles. The van der Waals surface area contributed by atoms with Gasteiger partial charge in [-0.2, -0.15) is 13.2 Å². The zero-order valence-corrected chi connectivity index (χ0v) is 11.8. The summed E-state index contributed by atoms with van der Waals surface area (Å²) in [5, 5.41) is 3.85. The number of nitrogens with zero attached hydrogens (tertiary/aromatic N) is 1. The van der Waals surface area contributed by atoms with E-state index >= 15 is 0 Å². The van der Waals surface area contributed by atoms with Crippen molar-refractivity contribution < 1.29 is 13.2 Å². The number of nitrogens with two attached hydrogens (primary N) is 1. The van der Waals surface area contributed by atoms with Crippen molar-refractivity contribution in [2.45, 2.75) is 19.4 Å². The summed E-state index contributed by atoms with van der Waals surface area (Å²) in [5.41, 5.74) is 7.36. The molecule has 0 saturated carbocycles. The topological polar surface area (TPSA) is 50.4 Å². The van der Waals surface area contributed by atoms with Crippen LogP contribution in [0.2, 0.25) is 0 Å². The van der Waals surface area contributed by atoms with E-state index in [4.69, 9.17) is 5.73 Å². The Morgan fingerprint density at radius 1 is 1.33 bits per heavy atom. The number of halogens is 3. The Hall–Kier alpha value is -1.86. The van der Waals surface area contributed by atoms with Crippen molar-refractivity contribution >= 4 is 22.6 Å². The van der Waals surface area contributed by atoms with Gasteiger partial charge in [0.2, 0.25) is 0 Å². The molecule has 1 aromatic heterocycles. The Morgan fingerprint density at radius 3 is 2.81 bits per heavy atom. The number of benzene rings is 1. The summed E-state index contributed by atoms with van der Waals surface area (Å²) < 4.78 is 38.4. The van der Waals surface area contributed by atoms with Crippen molar-refractivity contribution in [1.82, 2.24) is 0 Å². The molecule has 3 rings (SSSR count). The van der Waals surface area contributed by atoms with Crippen molar-refractivity contribution in [2.24, 2.45) is 10.7 Å². The molecule has 3 N–H and O–H groups in total. The van der Waals surface area contributed by atoms with Crippen molar-refractivity contribution in [3.05, 3.63) is 41.0 Å². The molecular weight excluding hydrogens is 299 g/mol. The van der Waals surface area contributed by atoms with E-state index in [2.05, 4.69) is 10.3 Å². The fraction of sp³-hybridized carbons (Fsp3) is 0.214. The van der Waals surface area contributed by atoms with E-state index in [1.165, 1.54) is 23.5 Å². The second-order valence-electron chi connectivity index (χ2n) is 4.74. The first-order chi connectivity index (χ1) is 9.86. The van der Waals surface area contributed by atoms with Crippen LogP contribution < -0.4 is 11.1 Å². The van der Waals surface area contributed by atoms with Crippen LogP contribution >= 0.6 is 11.3 Å². The Labute approximate surface area is 123 Å². The molecule has 1 aromatic carbocycles. The molecule has 2 aromatic rings. The summed E-state index contributed by atoms with van der Waals surface area (Å²) in [6, 6.07) is 5.34. The molecule has 0 fully saturated rings. The van der Waals surface area contributed by atoms with E-state index in [9.17, 15) is 13.2 Å². The van der Waals surface area contributed by atoms with Gasteiger partial charge in [0.25, 0.3) is 0 Å². The standard InChI is InChI=1S/C14H12F3N3S/c1-7-10-6-19-13(18)20-12(10)21-11(7)8-3-2-4-9(5-8)14(15,16)17/h2-6,13,20H,18H2,1H3. The molecule has 1 aliphatic rings. The lowest BCUT2D eigenvalue weighted by molar-refractivity contribution is -0.137. The van der Waals surface area contributed by atoms with Crippen molar-refractivity contribution in [3.8, 4) is 10.4 Å². The van der Waals surface area contributed by atoms with Gasteiger partial charge in [-0.05, 0) is 30.2 Å². The number of hydrogen-bond acceptors (Lipinski definition) is 4. The van der Waals surface area contributed by atoms with Gasteiger partial charge >= 0.3 is 6.18 Å². The first kappa shape index (κ1) is 14.1. The fourth-order valence-corrected chi connectivity index (χ4v) is 3.43. The average Bonchev–Trinajstić information content (AvgIpc) is 2.74. The van der Waals surface area contributed by atoms with Crippen molar-refractivity contribution in [3.63, 3.8) is 0 Å². The van der Waals surface area contributed by atoms with Gasteiger partial charge in [-0.25, -0.2) is 0 Å². The highest BCUT2D eigenvalue weighted by molar-refractivity contribution is 7.20. The van der Waals surface area contributed by atoms with Crippen molar-refractivity contribution in [2.75, 3.05) is 5.32 Å². The monoisotopic (exact) mass is 311 g/mol. The number of aliphatic imine (C=N–C) groups is 1. The first-order valence-electron chi connectivity index (χ1n) is 6.22. The maximum absolute atomic E-state index is 12.8. The third-order valence-electron chi connectivity index (χ3n) is 3.29. The highest BCUT2D eigenvalue weighted by atomic mass is 32.1. The lowest BCUT2D eigenvalue weighted by Gasteiger charge is -2.14. The number of rotatable bonds is 1. The van der Waals surface area contributed by atoms with Gasteiger partial charge in [0.1, 0.15) is 5.00 Å². The number of hydrogen-bond donors (Lipinski definition) is 2. The average molecular weight is 311 g/mol. The number of alkyl halides is 3. The molecule has 21 heavy (non-hydrogen) atoms. The quantitative estimate of drug-likeness (QED) is 0.841. The SMILES string of the molecule is Cc1c(-c2cccc(C(F)(F)F)c2)sc2c1C=NC(N)N2. The molecule has 0 spiro atoms. The van der Waals surface area contributed by atoms with E-state index in [0.717, 1.165) is 27.1 Å². The summed E-state index contributed by atoms with van der Waals surface area (Å²) in [6.07, 6.45) is -3.19. The van der Waals surface area contributed by atoms with E-state index in [1.807, 2.05) is 6.92 Å². The molecule has 3 nitrogen and oxygen atoms in total. The highest BCUT2D eigenvalue weighted by Gasteiger charge is 2.31.